The van der Waals surface area contributed by atoms with Crippen molar-refractivity contribution >= 4 is 29.0 Å². The van der Waals surface area contributed by atoms with Crippen molar-refractivity contribution in [2.45, 2.75) is 0 Å². The Labute approximate surface area is 91.4 Å². The number of nitrogens with one attached hydrogen (secondary N) is 1. The van der Waals surface area contributed by atoms with Crippen molar-refractivity contribution in [1.29, 1.82) is 0 Å². The molecule has 0 aromatic carbocycles. The third kappa shape index (κ3) is 1.94. The SMILES string of the molecule is Nc1c(Cl)ncnc1N1CCNC(=O)C1. The number of nitrogen functional groups attached to an aromatic ring is 1. The minimum absolute atomic E-state index is 0.0459. The molecule has 0 spiro atoms. The van der Waals surface area contributed by atoms with E-state index in [1.54, 1.807) is 4.90 Å². The summed E-state index contributed by atoms with van der Waals surface area (Å²) < 4.78 is 0. The molecule has 1 aliphatic rings. The lowest BCUT2D eigenvalue weighted by Gasteiger charge is -2.28. The summed E-state index contributed by atoms with van der Waals surface area (Å²) in [4.78, 5) is 20.7. The Bertz CT molecular complexity index is 397. The summed E-state index contributed by atoms with van der Waals surface area (Å²) in [6.45, 7) is 1.50. The summed E-state index contributed by atoms with van der Waals surface area (Å²) in [5, 5.41) is 2.93. The van der Waals surface area contributed by atoms with Crippen molar-refractivity contribution < 1.29 is 4.79 Å². The lowest BCUT2D eigenvalue weighted by molar-refractivity contribution is -0.120. The summed E-state index contributed by atoms with van der Waals surface area (Å²) in [7, 11) is 0. The maximum atomic E-state index is 11.2. The number of amides is 1. The number of nitrogens with zero attached hydrogens (tertiary/aromatic N) is 3. The molecular formula is C8H10ClN5O. The number of anilines is 2. The Balaban J connectivity index is 2.28. The van der Waals surface area contributed by atoms with Crippen molar-refractivity contribution in [3.05, 3.63) is 11.5 Å². The lowest BCUT2D eigenvalue weighted by atomic mass is 10.3. The number of hydrogen-bond acceptors (Lipinski definition) is 5. The molecule has 0 saturated carbocycles. The fourth-order valence-electron chi connectivity index (χ4n) is 1.44. The largest absolute Gasteiger partial charge is 0.393 e. The summed E-state index contributed by atoms with van der Waals surface area (Å²) in [6, 6.07) is 0. The van der Waals surface area contributed by atoms with Gasteiger partial charge in [0.05, 0.1) is 6.54 Å². The van der Waals surface area contributed by atoms with Gasteiger partial charge in [-0.2, -0.15) is 0 Å². The van der Waals surface area contributed by atoms with Crippen molar-refractivity contribution in [2.24, 2.45) is 0 Å². The highest BCUT2D eigenvalue weighted by Crippen LogP contribution is 2.25. The predicted octanol–water partition coefficient (Wildman–Crippen LogP) is -0.352. The van der Waals surface area contributed by atoms with E-state index in [-0.39, 0.29) is 17.6 Å². The van der Waals surface area contributed by atoms with Crippen LogP contribution in [0.2, 0.25) is 5.15 Å². The maximum absolute atomic E-state index is 11.2. The number of piperazine rings is 1. The zero-order valence-corrected chi connectivity index (χ0v) is 8.66. The molecule has 0 bridgehead atoms. The van der Waals surface area contributed by atoms with Crippen LogP contribution in [0.5, 0.6) is 0 Å². The third-order valence-corrected chi connectivity index (χ3v) is 2.45. The molecule has 3 N–H and O–H groups in total. The molecule has 0 atom stereocenters. The molecular weight excluding hydrogens is 218 g/mol. The van der Waals surface area contributed by atoms with Crippen LogP contribution in [-0.2, 0) is 4.79 Å². The molecule has 0 radical (unpaired) electrons. The average molecular weight is 228 g/mol. The molecule has 0 aliphatic carbocycles. The Morgan fingerprint density at radius 3 is 3.07 bits per heavy atom. The Kier molecular flexibility index (Phi) is 2.59. The molecule has 7 heteroatoms. The van der Waals surface area contributed by atoms with E-state index in [1.165, 1.54) is 6.33 Å². The molecule has 1 amide bonds. The zero-order valence-electron chi connectivity index (χ0n) is 7.90. The van der Waals surface area contributed by atoms with Crippen LogP contribution in [0.15, 0.2) is 6.33 Å². The van der Waals surface area contributed by atoms with Gasteiger partial charge in [-0.3, -0.25) is 4.79 Å². The summed E-state index contributed by atoms with van der Waals surface area (Å²) in [6.07, 6.45) is 1.33. The molecule has 1 saturated heterocycles. The summed E-state index contributed by atoms with van der Waals surface area (Å²) >= 11 is 5.77. The first-order valence-electron chi connectivity index (χ1n) is 4.46. The topological polar surface area (TPSA) is 84.1 Å². The molecule has 2 rings (SSSR count). The van der Waals surface area contributed by atoms with E-state index in [4.69, 9.17) is 17.3 Å². The average Bonchev–Trinajstić information content (AvgIpc) is 2.22. The van der Waals surface area contributed by atoms with E-state index in [9.17, 15) is 4.79 Å². The molecule has 2 heterocycles. The van der Waals surface area contributed by atoms with Crippen LogP contribution in [0.25, 0.3) is 0 Å². The predicted molar refractivity (Wildman–Crippen MR) is 56.7 cm³/mol. The molecule has 1 aliphatic heterocycles. The van der Waals surface area contributed by atoms with Crippen molar-refractivity contribution in [1.82, 2.24) is 15.3 Å². The molecule has 15 heavy (non-hydrogen) atoms. The van der Waals surface area contributed by atoms with E-state index >= 15 is 0 Å². The van der Waals surface area contributed by atoms with Gasteiger partial charge >= 0.3 is 0 Å². The minimum atomic E-state index is -0.0459. The fraction of sp³-hybridized carbons (Fsp3) is 0.375. The van der Waals surface area contributed by atoms with E-state index in [2.05, 4.69) is 15.3 Å². The molecule has 1 aromatic heterocycles. The number of rotatable bonds is 1. The summed E-state index contributed by atoms with van der Waals surface area (Å²) in [5.74, 6) is 0.472. The van der Waals surface area contributed by atoms with E-state index < -0.39 is 0 Å². The number of aromatic nitrogens is 2. The Morgan fingerprint density at radius 2 is 2.33 bits per heavy atom. The van der Waals surface area contributed by atoms with Gasteiger partial charge in [-0.15, -0.1) is 0 Å². The van der Waals surface area contributed by atoms with Gasteiger partial charge in [-0.05, 0) is 0 Å². The number of carbonyl (C=O) groups is 1. The van der Waals surface area contributed by atoms with Gasteiger partial charge < -0.3 is 16.0 Å². The molecule has 6 nitrogen and oxygen atoms in total. The van der Waals surface area contributed by atoms with Crippen LogP contribution >= 0.6 is 11.6 Å². The van der Waals surface area contributed by atoms with Gasteiger partial charge in [0.15, 0.2) is 11.0 Å². The molecule has 1 fully saturated rings. The van der Waals surface area contributed by atoms with Gasteiger partial charge in [-0.1, -0.05) is 11.6 Å². The van der Waals surface area contributed by atoms with Gasteiger partial charge in [-0.25, -0.2) is 9.97 Å². The van der Waals surface area contributed by atoms with E-state index in [0.29, 0.717) is 24.6 Å². The maximum Gasteiger partial charge on any atom is 0.239 e. The molecule has 80 valence electrons. The highest BCUT2D eigenvalue weighted by molar-refractivity contribution is 6.32. The summed E-state index contributed by atoms with van der Waals surface area (Å²) in [5.41, 5.74) is 6.04. The second-order valence-corrected chi connectivity index (χ2v) is 3.53. The second kappa shape index (κ2) is 3.90. The monoisotopic (exact) mass is 227 g/mol. The molecule has 0 unspecified atom stereocenters. The number of halogens is 1. The Morgan fingerprint density at radius 1 is 1.53 bits per heavy atom. The number of hydrogen-bond donors (Lipinski definition) is 2. The highest BCUT2D eigenvalue weighted by Gasteiger charge is 2.20. The van der Waals surface area contributed by atoms with Gasteiger partial charge in [0.1, 0.15) is 12.0 Å². The van der Waals surface area contributed by atoms with Crippen LogP contribution in [0.4, 0.5) is 11.5 Å². The normalized spacial score (nSPS) is 16.3. The van der Waals surface area contributed by atoms with Gasteiger partial charge in [0, 0.05) is 13.1 Å². The van der Waals surface area contributed by atoms with Crippen molar-refractivity contribution in [3.63, 3.8) is 0 Å². The van der Waals surface area contributed by atoms with E-state index in [1.807, 2.05) is 0 Å². The standard InChI is InChI=1S/C8H10ClN5O/c9-7-6(10)8(13-4-12-7)14-2-1-11-5(15)3-14/h4H,1-3,10H2,(H,11,15). The first-order chi connectivity index (χ1) is 7.18. The zero-order chi connectivity index (χ0) is 10.8. The quantitative estimate of drug-likeness (QED) is 0.641. The van der Waals surface area contributed by atoms with E-state index in [0.717, 1.165) is 0 Å². The molecule has 1 aromatic rings. The van der Waals surface area contributed by atoms with Crippen LogP contribution in [0, 0.1) is 0 Å². The van der Waals surface area contributed by atoms with Crippen LogP contribution in [-0.4, -0.2) is 35.5 Å². The van der Waals surface area contributed by atoms with Crippen LogP contribution in [0.3, 0.4) is 0 Å². The minimum Gasteiger partial charge on any atom is -0.393 e. The highest BCUT2D eigenvalue weighted by atomic mass is 35.5. The second-order valence-electron chi connectivity index (χ2n) is 3.17. The lowest BCUT2D eigenvalue weighted by Crippen LogP contribution is -2.48. The van der Waals surface area contributed by atoms with Gasteiger partial charge in [0.2, 0.25) is 5.91 Å². The van der Waals surface area contributed by atoms with Crippen LogP contribution < -0.4 is 16.0 Å². The first kappa shape index (κ1) is 9.97. The number of carbonyl (C=O) groups excluding carboxylic acids is 1. The van der Waals surface area contributed by atoms with Crippen LogP contribution in [0.1, 0.15) is 0 Å². The fourth-order valence-corrected chi connectivity index (χ4v) is 1.57. The third-order valence-electron chi connectivity index (χ3n) is 2.15. The van der Waals surface area contributed by atoms with Crippen molar-refractivity contribution in [3.8, 4) is 0 Å². The van der Waals surface area contributed by atoms with Crippen molar-refractivity contribution in [2.75, 3.05) is 30.3 Å². The smallest absolute Gasteiger partial charge is 0.239 e. The first-order valence-corrected chi connectivity index (χ1v) is 4.84. The Hall–Kier alpha value is -1.56. The number of nitrogens with two attached hydrogens (primary N) is 1. The van der Waals surface area contributed by atoms with Gasteiger partial charge in [0.25, 0.3) is 0 Å².